The first-order valence-electron chi connectivity index (χ1n) is 7.64. The SMILES string of the molecule is CCC(C)NC(=O)c1ccc(CN=C(N(C)C)N(C)C)cc1. The second kappa shape index (κ2) is 8.41. The number of hydrogen-bond donors (Lipinski definition) is 1. The van der Waals surface area contributed by atoms with E-state index >= 15 is 0 Å². The van der Waals surface area contributed by atoms with Crippen molar-refractivity contribution in [2.45, 2.75) is 32.9 Å². The molecule has 0 saturated carbocycles. The van der Waals surface area contributed by atoms with Crippen molar-refractivity contribution < 1.29 is 4.79 Å². The van der Waals surface area contributed by atoms with E-state index in [1.165, 1.54) is 0 Å². The minimum atomic E-state index is -0.0216. The molecule has 5 heteroatoms. The average molecular weight is 304 g/mol. The second-order valence-electron chi connectivity index (χ2n) is 5.88. The van der Waals surface area contributed by atoms with Crippen LogP contribution in [0.5, 0.6) is 0 Å². The van der Waals surface area contributed by atoms with E-state index in [1.54, 1.807) is 0 Å². The van der Waals surface area contributed by atoms with E-state index in [4.69, 9.17) is 0 Å². The van der Waals surface area contributed by atoms with Gasteiger partial charge in [0.1, 0.15) is 0 Å². The van der Waals surface area contributed by atoms with E-state index in [2.05, 4.69) is 17.2 Å². The molecule has 0 aliphatic rings. The Morgan fingerprint density at radius 1 is 1.14 bits per heavy atom. The number of nitrogens with zero attached hydrogens (tertiary/aromatic N) is 3. The first-order chi connectivity index (χ1) is 10.3. The molecule has 1 N–H and O–H groups in total. The lowest BCUT2D eigenvalue weighted by Gasteiger charge is -2.22. The van der Waals surface area contributed by atoms with Gasteiger partial charge < -0.3 is 15.1 Å². The van der Waals surface area contributed by atoms with Crippen LogP contribution in [0.4, 0.5) is 0 Å². The van der Waals surface area contributed by atoms with Gasteiger partial charge in [0.15, 0.2) is 5.96 Å². The number of carbonyl (C=O) groups is 1. The molecule has 0 heterocycles. The van der Waals surface area contributed by atoms with Crippen molar-refractivity contribution in [3.05, 3.63) is 35.4 Å². The molecule has 0 aliphatic carbocycles. The summed E-state index contributed by atoms with van der Waals surface area (Å²) in [5, 5.41) is 2.97. The predicted octanol–water partition coefficient (Wildman–Crippen LogP) is 2.19. The van der Waals surface area contributed by atoms with Crippen molar-refractivity contribution in [1.82, 2.24) is 15.1 Å². The summed E-state index contributed by atoms with van der Waals surface area (Å²) < 4.78 is 0. The molecular formula is C17H28N4O. The largest absolute Gasteiger partial charge is 0.350 e. The van der Waals surface area contributed by atoms with Gasteiger partial charge in [0.2, 0.25) is 0 Å². The molecule has 1 atom stereocenters. The van der Waals surface area contributed by atoms with Crippen LogP contribution in [0.1, 0.15) is 36.2 Å². The van der Waals surface area contributed by atoms with Gasteiger partial charge in [-0.25, -0.2) is 4.99 Å². The maximum Gasteiger partial charge on any atom is 0.251 e. The van der Waals surface area contributed by atoms with E-state index in [-0.39, 0.29) is 11.9 Å². The Morgan fingerprint density at radius 3 is 2.14 bits per heavy atom. The number of rotatable bonds is 5. The number of guanidine groups is 1. The fourth-order valence-corrected chi connectivity index (χ4v) is 2.02. The number of carbonyl (C=O) groups excluding carboxylic acids is 1. The quantitative estimate of drug-likeness (QED) is 0.670. The summed E-state index contributed by atoms with van der Waals surface area (Å²) in [4.78, 5) is 20.6. The molecule has 1 aromatic carbocycles. The molecule has 1 unspecified atom stereocenters. The minimum Gasteiger partial charge on any atom is -0.350 e. The Morgan fingerprint density at radius 2 is 1.68 bits per heavy atom. The topological polar surface area (TPSA) is 47.9 Å². The molecule has 5 nitrogen and oxygen atoms in total. The summed E-state index contributed by atoms with van der Waals surface area (Å²) in [6.45, 7) is 4.66. The monoisotopic (exact) mass is 304 g/mol. The fourth-order valence-electron chi connectivity index (χ4n) is 2.02. The van der Waals surface area contributed by atoms with Gasteiger partial charge in [-0.05, 0) is 31.0 Å². The summed E-state index contributed by atoms with van der Waals surface area (Å²) in [6.07, 6.45) is 0.927. The van der Waals surface area contributed by atoms with Crippen LogP contribution < -0.4 is 5.32 Å². The van der Waals surface area contributed by atoms with Crippen molar-refractivity contribution in [2.24, 2.45) is 4.99 Å². The van der Waals surface area contributed by atoms with Gasteiger partial charge in [0.25, 0.3) is 5.91 Å². The predicted molar refractivity (Wildman–Crippen MR) is 92.2 cm³/mol. The van der Waals surface area contributed by atoms with Crippen LogP contribution in [0, 0.1) is 0 Å². The standard InChI is InChI=1S/C17H28N4O/c1-7-13(2)19-16(22)15-10-8-14(9-11-15)12-18-17(20(3)4)21(5)6/h8-11,13H,7,12H2,1-6H3,(H,19,22). The molecule has 0 aliphatic heterocycles. The molecule has 0 bridgehead atoms. The zero-order valence-corrected chi connectivity index (χ0v) is 14.6. The summed E-state index contributed by atoms with van der Waals surface area (Å²) >= 11 is 0. The number of nitrogens with one attached hydrogen (secondary N) is 1. The summed E-state index contributed by atoms with van der Waals surface area (Å²) in [7, 11) is 7.89. The molecule has 0 aromatic heterocycles. The Hall–Kier alpha value is -2.04. The molecule has 1 amide bonds. The highest BCUT2D eigenvalue weighted by atomic mass is 16.1. The van der Waals surface area contributed by atoms with Gasteiger partial charge in [-0.1, -0.05) is 19.1 Å². The third-order valence-electron chi connectivity index (χ3n) is 3.41. The highest BCUT2D eigenvalue weighted by molar-refractivity contribution is 5.94. The lowest BCUT2D eigenvalue weighted by Crippen LogP contribution is -2.35. The van der Waals surface area contributed by atoms with E-state index in [1.807, 2.05) is 69.2 Å². The van der Waals surface area contributed by atoms with Crippen LogP contribution in [-0.2, 0) is 6.54 Å². The van der Waals surface area contributed by atoms with Crippen molar-refractivity contribution in [2.75, 3.05) is 28.2 Å². The van der Waals surface area contributed by atoms with Crippen molar-refractivity contribution in [3.63, 3.8) is 0 Å². The van der Waals surface area contributed by atoms with Crippen LogP contribution in [0.2, 0.25) is 0 Å². The second-order valence-corrected chi connectivity index (χ2v) is 5.88. The van der Waals surface area contributed by atoms with Gasteiger partial charge in [0, 0.05) is 39.8 Å². The molecule has 0 saturated heterocycles. The van der Waals surface area contributed by atoms with Gasteiger partial charge >= 0.3 is 0 Å². The van der Waals surface area contributed by atoms with E-state index in [0.29, 0.717) is 12.1 Å². The Bertz CT molecular complexity index is 496. The summed E-state index contributed by atoms with van der Waals surface area (Å²) in [5.41, 5.74) is 1.77. The summed E-state index contributed by atoms with van der Waals surface area (Å²) in [6, 6.07) is 7.82. The number of hydrogen-bond acceptors (Lipinski definition) is 2. The molecule has 22 heavy (non-hydrogen) atoms. The maximum atomic E-state index is 12.0. The van der Waals surface area contributed by atoms with Crippen molar-refractivity contribution in [3.8, 4) is 0 Å². The number of aliphatic imine (C=N–C) groups is 1. The fraction of sp³-hybridized carbons (Fsp3) is 0.529. The number of benzene rings is 1. The van der Waals surface area contributed by atoms with E-state index in [9.17, 15) is 4.79 Å². The third-order valence-corrected chi connectivity index (χ3v) is 3.41. The molecule has 1 rings (SSSR count). The van der Waals surface area contributed by atoms with Gasteiger partial charge in [-0.15, -0.1) is 0 Å². The molecule has 0 radical (unpaired) electrons. The van der Waals surface area contributed by atoms with Crippen LogP contribution in [0.3, 0.4) is 0 Å². The van der Waals surface area contributed by atoms with E-state index < -0.39 is 0 Å². The maximum absolute atomic E-state index is 12.0. The van der Waals surface area contributed by atoms with Gasteiger partial charge in [-0.2, -0.15) is 0 Å². The lowest BCUT2D eigenvalue weighted by atomic mass is 10.1. The zero-order valence-electron chi connectivity index (χ0n) is 14.6. The first-order valence-corrected chi connectivity index (χ1v) is 7.64. The molecular weight excluding hydrogens is 276 g/mol. The van der Waals surface area contributed by atoms with E-state index in [0.717, 1.165) is 17.9 Å². The third kappa shape index (κ3) is 5.39. The number of amides is 1. The normalized spacial score (nSPS) is 11.5. The van der Waals surface area contributed by atoms with Crippen LogP contribution in [0.15, 0.2) is 29.3 Å². The molecule has 1 aromatic rings. The highest BCUT2D eigenvalue weighted by Gasteiger charge is 2.08. The molecule has 122 valence electrons. The smallest absolute Gasteiger partial charge is 0.251 e. The molecule has 0 spiro atoms. The van der Waals surface area contributed by atoms with Crippen LogP contribution >= 0.6 is 0 Å². The highest BCUT2D eigenvalue weighted by Crippen LogP contribution is 2.07. The Labute approximate surface area is 134 Å². The minimum absolute atomic E-state index is 0.0216. The van der Waals surface area contributed by atoms with Crippen molar-refractivity contribution >= 4 is 11.9 Å². The Balaban J connectivity index is 2.73. The first kappa shape index (κ1) is 18.0. The Kier molecular flexibility index (Phi) is 6.89. The lowest BCUT2D eigenvalue weighted by molar-refractivity contribution is 0.0939. The summed E-state index contributed by atoms with van der Waals surface area (Å²) in [5.74, 6) is 0.894. The zero-order chi connectivity index (χ0) is 16.7. The van der Waals surface area contributed by atoms with Crippen LogP contribution in [0.25, 0.3) is 0 Å². The van der Waals surface area contributed by atoms with Crippen LogP contribution in [-0.4, -0.2) is 55.9 Å². The van der Waals surface area contributed by atoms with Crippen molar-refractivity contribution in [1.29, 1.82) is 0 Å². The van der Waals surface area contributed by atoms with Gasteiger partial charge in [-0.3, -0.25) is 4.79 Å². The van der Waals surface area contributed by atoms with Gasteiger partial charge in [0.05, 0.1) is 6.54 Å². The molecule has 0 fully saturated rings. The average Bonchev–Trinajstić information content (AvgIpc) is 2.47.